The summed E-state index contributed by atoms with van der Waals surface area (Å²) in [6.07, 6.45) is 3.46. The van der Waals surface area contributed by atoms with E-state index in [-0.39, 0.29) is 17.9 Å². The van der Waals surface area contributed by atoms with Crippen molar-refractivity contribution in [1.29, 1.82) is 0 Å². The van der Waals surface area contributed by atoms with Crippen LogP contribution in [0.25, 0.3) is 0 Å². The fourth-order valence-corrected chi connectivity index (χ4v) is 2.75. The zero-order valence-electron chi connectivity index (χ0n) is 16.2. The summed E-state index contributed by atoms with van der Waals surface area (Å²) in [5, 5.41) is 2.84. The summed E-state index contributed by atoms with van der Waals surface area (Å²) < 4.78 is 4.98. The number of carbonyl (C=O) groups excluding carboxylic acids is 3. The van der Waals surface area contributed by atoms with E-state index < -0.39 is 0 Å². The molecule has 0 radical (unpaired) electrons. The number of ether oxygens (including phenoxy) is 1. The van der Waals surface area contributed by atoms with Crippen LogP contribution in [0.5, 0.6) is 0 Å². The van der Waals surface area contributed by atoms with Crippen LogP contribution in [0, 0.1) is 5.92 Å². The highest BCUT2D eigenvalue weighted by molar-refractivity contribution is 5.99. The predicted octanol–water partition coefficient (Wildman–Crippen LogP) is 1.77. The molecule has 1 aromatic heterocycles. The lowest BCUT2D eigenvalue weighted by atomic mass is 10.1. The quantitative estimate of drug-likeness (QED) is 0.817. The predicted molar refractivity (Wildman–Crippen MR) is 101 cm³/mol. The van der Waals surface area contributed by atoms with Crippen LogP contribution in [-0.4, -0.2) is 72.0 Å². The Hall–Kier alpha value is -2.64. The van der Waals surface area contributed by atoms with Gasteiger partial charge in [-0.25, -0.2) is 4.79 Å². The van der Waals surface area contributed by atoms with E-state index in [4.69, 9.17) is 4.74 Å². The van der Waals surface area contributed by atoms with E-state index in [9.17, 15) is 14.4 Å². The Labute approximate surface area is 159 Å². The van der Waals surface area contributed by atoms with Gasteiger partial charge in [-0.05, 0) is 25.3 Å². The van der Waals surface area contributed by atoms with Gasteiger partial charge >= 0.3 is 6.09 Å². The van der Waals surface area contributed by atoms with Gasteiger partial charge in [-0.2, -0.15) is 0 Å². The van der Waals surface area contributed by atoms with Crippen LogP contribution in [0.3, 0.4) is 0 Å². The van der Waals surface area contributed by atoms with Crippen LogP contribution in [0.2, 0.25) is 0 Å². The van der Waals surface area contributed by atoms with Crippen molar-refractivity contribution < 1.29 is 19.1 Å². The highest BCUT2D eigenvalue weighted by atomic mass is 16.6. The number of piperazine rings is 1. The van der Waals surface area contributed by atoms with Gasteiger partial charge in [-0.1, -0.05) is 13.8 Å². The zero-order valence-corrected chi connectivity index (χ0v) is 16.2. The molecule has 0 aromatic carbocycles. The standard InChI is InChI=1S/C19H28N4O4/c1-4-27-19(26)23-9-7-22(8-10-23)18(25)16-11-15(12-20-13-16)17(24)21-6-5-14(2)3/h11-14H,4-10H2,1-3H3,(H,21,24). The topological polar surface area (TPSA) is 91.8 Å². The fourth-order valence-electron chi connectivity index (χ4n) is 2.75. The molecule has 1 saturated heterocycles. The van der Waals surface area contributed by atoms with Crippen LogP contribution in [0.1, 0.15) is 47.9 Å². The van der Waals surface area contributed by atoms with Crippen molar-refractivity contribution in [2.24, 2.45) is 5.92 Å². The molecule has 1 aliphatic rings. The first-order valence-corrected chi connectivity index (χ1v) is 9.36. The minimum absolute atomic E-state index is 0.192. The van der Waals surface area contributed by atoms with Gasteiger partial charge in [-0.3, -0.25) is 14.6 Å². The van der Waals surface area contributed by atoms with Gasteiger partial charge in [0.05, 0.1) is 17.7 Å². The highest BCUT2D eigenvalue weighted by Crippen LogP contribution is 2.11. The zero-order chi connectivity index (χ0) is 19.8. The Kier molecular flexibility index (Phi) is 7.57. The lowest BCUT2D eigenvalue weighted by Gasteiger charge is -2.34. The molecule has 1 aliphatic heterocycles. The van der Waals surface area contributed by atoms with Crippen molar-refractivity contribution in [2.45, 2.75) is 27.2 Å². The number of aromatic nitrogens is 1. The maximum absolute atomic E-state index is 12.7. The van der Waals surface area contributed by atoms with Crippen molar-refractivity contribution in [3.8, 4) is 0 Å². The molecule has 0 unspecified atom stereocenters. The molecule has 2 heterocycles. The molecule has 0 atom stereocenters. The Bertz CT molecular complexity index is 669. The Morgan fingerprint density at radius 3 is 2.37 bits per heavy atom. The van der Waals surface area contributed by atoms with Gasteiger partial charge in [-0.15, -0.1) is 0 Å². The van der Waals surface area contributed by atoms with Gasteiger partial charge in [0, 0.05) is 45.1 Å². The second kappa shape index (κ2) is 9.89. The molecule has 2 rings (SSSR count). The van der Waals surface area contributed by atoms with Crippen LogP contribution in [0.4, 0.5) is 4.79 Å². The third-order valence-corrected chi connectivity index (χ3v) is 4.35. The van der Waals surface area contributed by atoms with Gasteiger partial charge in [0.15, 0.2) is 0 Å². The average Bonchev–Trinajstić information content (AvgIpc) is 2.67. The second-order valence-electron chi connectivity index (χ2n) is 6.88. The molecule has 8 heteroatoms. The highest BCUT2D eigenvalue weighted by Gasteiger charge is 2.26. The van der Waals surface area contributed by atoms with Crippen LogP contribution < -0.4 is 5.32 Å². The molecule has 0 saturated carbocycles. The minimum Gasteiger partial charge on any atom is -0.450 e. The summed E-state index contributed by atoms with van der Waals surface area (Å²) in [5.74, 6) is 0.0809. The monoisotopic (exact) mass is 376 g/mol. The second-order valence-corrected chi connectivity index (χ2v) is 6.88. The van der Waals surface area contributed by atoms with Crippen molar-refractivity contribution in [1.82, 2.24) is 20.1 Å². The molecule has 0 bridgehead atoms. The molecule has 3 amide bonds. The van der Waals surface area contributed by atoms with E-state index in [1.54, 1.807) is 22.8 Å². The lowest BCUT2D eigenvalue weighted by molar-refractivity contribution is 0.0570. The van der Waals surface area contributed by atoms with E-state index in [0.717, 1.165) is 6.42 Å². The van der Waals surface area contributed by atoms with E-state index in [2.05, 4.69) is 24.1 Å². The maximum Gasteiger partial charge on any atom is 0.409 e. The summed E-state index contributed by atoms with van der Waals surface area (Å²) in [4.78, 5) is 43.9. The van der Waals surface area contributed by atoms with Gasteiger partial charge < -0.3 is 19.9 Å². The fraction of sp³-hybridized carbons (Fsp3) is 0.579. The van der Waals surface area contributed by atoms with Crippen LogP contribution in [0.15, 0.2) is 18.5 Å². The van der Waals surface area contributed by atoms with Crippen LogP contribution >= 0.6 is 0 Å². The number of nitrogens with zero attached hydrogens (tertiary/aromatic N) is 3. The number of amides is 3. The minimum atomic E-state index is -0.355. The van der Waals surface area contributed by atoms with Crippen molar-refractivity contribution in [3.05, 3.63) is 29.6 Å². The first-order chi connectivity index (χ1) is 12.9. The van der Waals surface area contributed by atoms with E-state index in [1.807, 2.05) is 0 Å². The van der Waals surface area contributed by atoms with E-state index in [1.165, 1.54) is 12.4 Å². The van der Waals surface area contributed by atoms with Gasteiger partial charge in [0.2, 0.25) is 0 Å². The molecule has 0 spiro atoms. The van der Waals surface area contributed by atoms with Crippen molar-refractivity contribution in [3.63, 3.8) is 0 Å². The summed E-state index contributed by atoms with van der Waals surface area (Å²) in [6, 6.07) is 1.57. The number of pyridine rings is 1. The van der Waals surface area contributed by atoms with Gasteiger partial charge in [0.25, 0.3) is 11.8 Å². The van der Waals surface area contributed by atoms with E-state index in [0.29, 0.717) is 56.4 Å². The third kappa shape index (κ3) is 5.94. The molecule has 148 valence electrons. The molecular weight excluding hydrogens is 348 g/mol. The Balaban J connectivity index is 1.93. The number of rotatable bonds is 6. The maximum atomic E-state index is 12.7. The molecule has 0 aliphatic carbocycles. The van der Waals surface area contributed by atoms with E-state index >= 15 is 0 Å². The smallest absolute Gasteiger partial charge is 0.409 e. The molecule has 8 nitrogen and oxygen atoms in total. The molecule has 27 heavy (non-hydrogen) atoms. The summed E-state index contributed by atoms with van der Waals surface area (Å²) in [6.45, 7) is 8.55. The van der Waals surface area contributed by atoms with Crippen molar-refractivity contribution in [2.75, 3.05) is 39.3 Å². The largest absolute Gasteiger partial charge is 0.450 e. The molecule has 1 aromatic rings. The van der Waals surface area contributed by atoms with Crippen molar-refractivity contribution >= 4 is 17.9 Å². The summed E-state index contributed by atoms with van der Waals surface area (Å²) >= 11 is 0. The number of nitrogens with one attached hydrogen (secondary N) is 1. The molecule has 1 fully saturated rings. The Morgan fingerprint density at radius 2 is 1.74 bits per heavy atom. The number of carbonyl (C=O) groups is 3. The average molecular weight is 376 g/mol. The molecule has 1 N–H and O–H groups in total. The summed E-state index contributed by atoms with van der Waals surface area (Å²) in [5.41, 5.74) is 0.742. The normalized spacial score (nSPS) is 14.2. The van der Waals surface area contributed by atoms with Gasteiger partial charge in [0.1, 0.15) is 0 Å². The first-order valence-electron chi connectivity index (χ1n) is 9.36. The molecular formula is C19H28N4O4. The first kappa shape index (κ1) is 20.7. The number of hydrogen-bond acceptors (Lipinski definition) is 5. The third-order valence-electron chi connectivity index (χ3n) is 4.35. The lowest BCUT2D eigenvalue weighted by Crippen LogP contribution is -2.50. The number of hydrogen-bond donors (Lipinski definition) is 1. The SMILES string of the molecule is CCOC(=O)N1CCN(C(=O)c2cncc(C(=O)NCCC(C)C)c2)CC1. The van der Waals surface area contributed by atoms with Crippen LogP contribution in [-0.2, 0) is 4.74 Å². The Morgan fingerprint density at radius 1 is 1.11 bits per heavy atom. The summed E-state index contributed by atoms with van der Waals surface area (Å²) in [7, 11) is 0.